The van der Waals surface area contributed by atoms with Gasteiger partial charge in [-0.1, -0.05) is 52.6 Å². The van der Waals surface area contributed by atoms with Gasteiger partial charge < -0.3 is 0 Å². The molecule has 0 aliphatic carbocycles. The lowest BCUT2D eigenvalue weighted by Crippen LogP contribution is -1.79. The molecule has 0 aromatic heterocycles. The largest absolute Gasteiger partial charge is 0.102 e. The van der Waals surface area contributed by atoms with Crippen LogP contribution >= 0.6 is 23.2 Å². The van der Waals surface area contributed by atoms with Crippen molar-refractivity contribution in [3.63, 3.8) is 0 Å². The first-order chi connectivity index (χ1) is 7.06. The zero-order valence-corrected chi connectivity index (χ0v) is 11.3. The van der Waals surface area contributed by atoms with Crippen molar-refractivity contribution in [2.24, 2.45) is 0 Å². The van der Waals surface area contributed by atoms with Crippen molar-refractivity contribution in [2.75, 3.05) is 0 Å². The summed E-state index contributed by atoms with van der Waals surface area (Å²) in [4.78, 5) is 0. The van der Waals surface area contributed by atoms with Crippen LogP contribution in [0.25, 0.3) is 0 Å². The number of allylic oxidation sites excluding steroid dienone is 5. The third-order valence-corrected chi connectivity index (χ3v) is 2.67. The molecular weight excluding hydrogens is 227 g/mol. The van der Waals surface area contributed by atoms with Crippen molar-refractivity contribution < 1.29 is 0 Å². The predicted molar refractivity (Wildman–Crippen MR) is 71.4 cm³/mol. The molecule has 0 heterocycles. The highest BCUT2D eigenvalue weighted by atomic mass is 35.5. The molecule has 0 aromatic carbocycles. The molecule has 0 rings (SSSR count). The minimum atomic E-state index is 0.368. The van der Waals surface area contributed by atoms with Crippen LogP contribution in [0.2, 0.25) is 0 Å². The Labute approximate surface area is 104 Å². The highest BCUT2D eigenvalue weighted by Crippen LogP contribution is 2.13. The van der Waals surface area contributed by atoms with Gasteiger partial charge in [0.15, 0.2) is 0 Å². The molecule has 0 fully saturated rings. The second-order valence-corrected chi connectivity index (χ2v) is 4.76. The van der Waals surface area contributed by atoms with E-state index in [1.54, 1.807) is 0 Å². The molecule has 0 nitrogen and oxygen atoms in total. The van der Waals surface area contributed by atoms with Gasteiger partial charge in [-0.05, 0) is 46.5 Å². The van der Waals surface area contributed by atoms with Crippen LogP contribution in [0, 0.1) is 0 Å². The first-order valence-electron chi connectivity index (χ1n) is 5.34. The van der Waals surface area contributed by atoms with Gasteiger partial charge in [-0.15, -0.1) is 0 Å². The summed E-state index contributed by atoms with van der Waals surface area (Å²) in [6.07, 6.45) is 10.5. The van der Waals surface area contributed by atoms with E-state index in [1.165, 1.54) is 11.1 Å². The number of halogens is 2. The maximum atomic E-state index is 5.53. The summed E-state index contributed by atoms with van der Waals surface area (Å²) in [5, 5.41) is 0. The van der Waals surface area contributed by atoms with Crippen LogP contribution < -0.4 is 0 Å². The van der Waals surface area contributed by atoms with Gasteiger partial charge in [-0.2, -0.15) is 0 Å². The average molecular weight is 247 g/mol. The minimum Gasteiger partial charge on any atom is -0.0887 e. The summed E-state index contributed by atoms with van der Waals surface area (Å²) in [7, 11) is 0. The summed E-state index contributed by atoms with van der Waals surface area (Å²) in [6.45, 7) is 6.40. The predicted octanol–water partition coefficient (Wildman–Crippen LogP) is 5.78. The summed E-state index contributed by atoms with van der Waals surface area (Å²) in [5.41, 5.74) is 2.85. The van der Waals surface area contributed by atoms with Crippen molar-refractivity contribution >= 4 is 23.2 Å². The van der Waals surface area contributed by atoms with Crippen LogP contribution in [0.4, 0.5) is 0 Å². The SMILES string of the molecule is CC=C(C)CCC=C(C)CCC=C(Cl)Cl. The monoisotopic (exact) mass is 246 g/mol. The second kappa shape index (κ2) is 9.06. The lowest BCUT2D eigenvalue weighted by molar-refractivity contribution is 0.921. The van der Waals surface area contributed by atoms with Gasteiger partial charge in [0.1, 0.15) is 4.49 Å². The molecule has 0 atom stereocenters. The zero-order chi connectivity index (χ0) is 11.7. The van der Waals surface area contributed by atoms with Crippen LogP contribution in [0.15, 0.2) is 33.9 Å². The van der Waals surface area contributed by atoms with E-state index >= 15 is 0 Å². The van der Waals surface area contributed by atoms with Gasteiger partial charge in [0.2, 0.25) is 0 Å². The summed E-state index contributed by atoms with van der Waals surface area (Å²) >= 11 is 11.1. The van der Waals surface area contributed by atoms with E-state index in [1.807, 2.05) is 6.08 Å². The molecule has 0 amide bonds. The molecule has 0 bridgehead atoms. The molecule has 0 aliphatic rings. The van der Waals surface area contributed by atoms with E-state index in [4.69, 9.17) is 23.2 Å². The second-order valence-electron chi connectivity index (χ2n) is 3.76. The third-order valence-electron chi connectivity index (χ3n) is 2.36. The van der Waals surface area contributed by atoms with E-state index in [0.717, 1.165) is 25.7 Å². The quantitative estimate of drug-likeness (QED) is 0.522. The van der Waals surface area contributed by atoms with E-state index < -0.39 is 0 Å². The van der Waals surface area contributed by atoms with E-state index in [-0.39, 0.29) is 0 Å². The Kier molecular flexibility index (Phi) is 8.94. The zero-order valence-electron chi connectivity index (χ0n) is 9.82. The normalized spacial score (nSPS) is 12.9. The van der Waals surface area contributed by atoms with Crippen LogP contribution in [-0.2, 0) is 0 Å². The van der Waals surface area contributed by atoms with Crippen LogP contribution in [0.5, 0.6) is 0 Å². The Bertz CT molecular complexity index is 256. The van der Waals surface area contributed by atoms with Gasteiger partial charge in [0.25, 0.3) is 0 Å². The Morgan fingerprint density at radius 2 is 1.47 bits per heavy atom. The van der Waals surface area contributed by atoms with Gasteiger partial charge >= 0.3 is 0 Å². The first kappa shape index (κ1) is 14.8. The molecule has 0 spiro atoms. The molecule has 0 N–H and O–H groups in total. The van der Waals surface area contributed by atoms with Gasteiger partial charge in [-0.3, -0.25) is 0 Å². The number of hydrogen-bond donors (Lipinski definition) is 0. The summed E-state index contributed by atoms with van der Waals surface area (Å²) in [6, 6.07) is 0. The Morgan fingerprint density at radius 1 is 0.933 bits per heavy atom. The maximum Gasteiger partial charge on any atom is 0.102 e. The topological polar surface area (TPSA) is 0 Å². The molecular formula is C13H20Cl2. The number of hydrogen-bond acceptors (Lipinski definition) is 0. The highest BCUT2D eigenvalue weighted by molar-refractivity contribution is 6.55. The van der Waals surface area contributed by atoms with Crippen molar-refractivity contribution in [3.05, 3.63) is 33.9 Å². The average Bonchev–Trinajstić information content (AvgIpc) is 2.17. The lowest BCUT2D eigenvalue weighted by atomic mass is 10.1. The Balaban J connectivity index is 3.75. The molecule has 15 heavy (non-hydrogen) atoms. The fourth-order valence-corrected chi connectivity index (χ4v) is 1.42. The van der Waals surface area contributed by atoms with Crippen molar-refractivity contribution in [1.29, 1.82) is 0 Å². The number of rotatable bonds is 6. The van der Waals surface area contributed by atoms with Crippen molar-refractivity contribution in [3.8, 4) is 0 Å². The standard InChI is InChI=1S/C13H20Cl2/c1-4-11(2)7-5-8-12(3)9-6-10-13(14)15/h4,8,10H,5-7,9H2,1-3H3. The van der Waals surface area contributed by atoms with Crippen molar-refractivity contribution in [1.82, 2.24) is 0 Å². The van der Waals surface area contributed by atoms with Crippen LogP contribution in [0.1, 0.15) is 46.5 Å². The molecule has 0 saturated heterocycles. The molecule has 0 unspecified atom stereocenters. The Morgan fingerprint density at radius 3 is 2.00 bits per heavy atom. The highest BCUT2D eigenvalue weighted by Gasteiger charge is 1.91. The Hall–Kier alpha value is -0.200. The fourth-order valence-electron chi connectivity index (χ4n) is 1.20. The first-order valence-corrected chi connectivity index (χ1v) is 6.10. The molecule has 0 saturated carbocycles. The van der Waals surface area contributed by atoms with Gasteiger partial charge in [-0.25, -0.2) is 0 Å². The molecule has 0 radical (unpaired) electrons. The molecule has 86 valence electrons. The van der Waals surface area contributed by atoms with Crippen molar-refractivity contribution in [2.45, 2.75) is 46.5 Å². The van der Waals surface area contributed by atoms with E-state index in [2.05, 4.69) is 32.9 Å². The van der Waals surface area contributed by atoms with E-state index in [0.29, 0.717) is 4.49 Å². The van der Waals surface area contributed by atoms with Gasteiger partial charge in [0.05, 0.1) is 0 Å². The minimum absolute atomic E-state index is 0.368. The lowest BCUT2D eigenvalue weighted by Gasteiger charge is -1.99. The van der Waals surface area contributed by atoms with E-state index in [9.17, 15) is 0 Å². The van der Waals surface area contributed by atoms with Crippen LogP contribution in [-0.4, -0.2) is 0 Å². The molecule has 0 aromatic rings. The van der Waals surface area contributed by atoms with Crippen LogP contribution in [0.3, 0.4) is 0 Å². The summed E-state index contributed by atoms with van der Waals surface area (Å²) < 4.78 is 0.368. The molecule has 0 aliphatic heterocycles. The molecule has 2 heteroatoms. The summed E-state index contributed by atoms with van der Waals surface area (Å²) in [5.74, 6) is 0. The maximum absolute atomic E-state index is 5.53. The van der Waals surface area contributed by atoms with Gasteiger partial charge in [0, 0.05) is 0 Å². The fraction of sp³-hybridized carbons (Fsp3) is 0.538. The third kappa shape index (κ3) is 10.1. The smallest absolute Gasteiger partial charge is 0.0887 e.